The Hall–Kier alpha value is -0.130. The summed E-state index contributed by atoms with van der Waals surface area (Å²) in [6, 6.07) is 0.144. The monoisotopic (exact) mass is 291 g/mol. The highest BCUT2D eigenvalue weighted by Crippen LogP contribution is 2.31. The molecule has 1 N–H and O–H groups in total. The molecule has 0 saturated heterocycles. The fourth-order valence-corrected chi connectivity index (χ4v) is 3.91. The largest absolute Gasteiger partial charge is 0.381 e. The average molecular weight is 291 g/mol. The van der Waals surface area contributed by atoms with Crippen molar-refractivity contribution in [3.05, 3.63) is 0 Å². The smallest absolute Gasteiger partial charge is 0.214 e. The molecule has 0 bridgehead atoms. The predicted octanol–water partition coefficient (Wildman–Crippen LogP) is 2.55. The maximum Gasteiger partial charge on any atom is 0.214 e. The van der Waals surface area contributed by atoms with E-state index in [1.54, 1.807) is 0 Å². The Morgan fingerprint density at radius 2 is 2.05 bits per heavy atom. The molecule has 2 atom stereocenters. The van der Waals surface area contributed by atoms with Gasteiger partial charge in [-0.05, 0) is 38.0 Å². The molecular weight excluding hydrogens is 262 g/mol. The minimum atomic E-state index is -3.18. The van der Waals surface area contributed by atoms with Gasteiger partial charge in [-0.15, -0.1) is 0 Å². The van der Waals surface area contributed by atoms with Crippen molar-refractivity contribution in [1.82, 2.24) is 4.72 Å². The maximum atomic E-state index is 12.0. The van der Waals surface area contributed by atoms with Crippen LogP contribution in [0.4, 0.5) is 0 Å². The first-order chi connectivity index (χ1) is 8.94. The van der Waals surface area contributed by atoms with E-state index in [1.807, 2.05) is 6.92 Å². The van der Waals surface area contributed by atoms with Crippen LogP contribution in [0.2, 0.25) is 0 Å². The van der Waals surface area contributed by atoms with Gasteiger partial charge in [0.1, 0.15) is 0 Å². The summed E-state index contributed by atoms with van der Waals surface area (Å²) in [6.45, 7) is 7.16. The minimum Gasteiger partial charge on any atom is -0.381 e. The number of ether oxygens (including phenoxy) is 1. The Labute approximate surface area is 118 Å². The molecule has 1 rings (SSSR count). The second-order valence-electron chi connectivity index (χ2n) is 5.90. The van der Waals surface area contributed by atoms with Crippen molar-refractivity contribution in [2.75, 3.05) is 19.0 Å². The molecule has 4 nitrogen and oxygen atoms in total. The number of hydrogen-bond donors (Lipinski definition) is 1. The molecule has 1 fully saturated rings. The normalized spacial score (nSPS) is 24.2. The second-order valence-corrected chi connectivity index (χ2v) is 7.78. The Bertz CT molecular complexity index is 341. The third kappa shape index (κ3) is 6.72. The van der Waals surface area contributed by atoms with Crippen LogP contribution in [0.15, 0.2) is 0 Å². The summed E-state index contributed by atoms with van der Waals surface area (Å²) in [6.07, 6.45) is 5.60. The Kier molecular flexibility index (Phi) is 7.32. The van der Waals surface area contributed by atoms with Crippen molar-refractivity contribution in [2.24, 2.45) is 11.8 Å². The zero-order valence-corrected chi connectivity index (χ0v) is 13.3. The van der Waals surface area contributed by atoms with E-state index in [2.05, 4.69) is 18.6 Å². The molecule has 2 unspecified atom stereocenters. The molecule has 1 aliphatic rings. The van der Waals surface area contributed by atoms with Crippen LogP contribution in [0, 0.1) is 11.8 Å². The molecule has 0 radical (unpaired) electrons. The Morgan fingerprint density at radius 1 is 1.32 bits per heavy atom. The summed E-state index contributed by atoms with van der Waals surface area (Å²) in [4.78, 5) is 0. The summed E-state index contributed by atoms with van der Waals surface area (Å²) in [7, 11) is -3.18. The summed E-state index contributed by atoms with van der Waals surface area (Å²) >= 11 is 0. The van der Waals surface area contributed by atoms with Gasteiger partial charge < -0.3 is 4.74 Å². The Balaban J connectivity index is 2.40. The topological polar surface area (TPSA) is 55.4 Å². The van der Waals surface area contributed by atoms with Crippen LogP contribution in [-0.2, 0) is 14.8 Å². The maximum absolute atomic E-state index is 12.0. The molecule has 5 heteroatoms. The highest BCUT2D eigenvalue weighted by molar-refractivity contribution is 7.89. The molecule has 1 aliphatic carbocycles. The van der Waals surface area contributed by atoms with Gasteiger partial charge in [-0.25, -0.2) is 13.1 Å². The van der Waals surface area contributed by atoms with E-state index in [0.717, 1.165) is 25.7 Å². The standard InChI is InChI=1S/C14H29NO3S/c1-4-18-10-11-19(16,17)15-14-7-5-6-13(14)9-8-12(2)3/h12-15H,4-11H2,1-3H3. The fraction of sp³-hybridized carbons (Fsp3) is 1.00. The number of hydrogen-bond acceptors (Lipinski definition) is 3. The van der Waals surface area contributed by atoms with Gasteiger partial charge in [0.25, 0.3) is 0 Å². The van der Waals surface area contributed by atoms with Crippen molar-refractivity contribution in [3.63, 3.8) is 0 Å². The van der Waals surface area contributed by atoms with E-state index in [0.29, 0.717) is 18.4 Å². The first kappa shape index (κ1) is 16.9. The molecule has 0 spiro atoms. The van der Waals surface area contributed by atoms with Gasteiger partial charge in [-0.3, -0.25) is 0 Å². The summed E-state index contributed by atoms with van der Waals surface area (Å²) in [5.41, 5.74) is 0. The number of nitrogens with one attached hydrogen (secondary N) is 1. The van der Waals surface area contributed by atoms with Crippen LogP contribution in [0.1, 0.15) is 52.9 Å². The second kappa shape index (κ2) is 8.22. The molecule has 19 heavy (non-hydrogen) atoms. The molecule has 0 aromatic carbocycles. The van der Waals surface area contributed by atoms with E-state index in [-0.39, 0.29) is 18.4 Å². The first-order valence-corrected chi connectivity index (χ1v) is 9.17. The third-order valence-corrected chi connectivity index (χ3v) is 5.17. The highest BCUT2D eigenvalue weighted by Gasteiger charge is 2.30. The van der Waals surface area contributed by atoms with Crippen LogP contribution >= 0.6 is 0 Å². The quantitative estimate of drug-likeness (QED) is 0.664. The lowest BCUT2D eigenvalue weighted by Gasteiger charge is -2.21. The van der Waals surface area contributed by atoms with Crippen LogP contribution < -0.4 is 4.72 Å². The molecule has 1 saturated carbocycles. The molecule has 0 amide bonds. The molecule has 0 aliphatic heterocycles. The van der Waals surface area contributed by atoms with Gasteiger partial charge in [0.15, 0.2) is 0 Å². The van der Waals surface area contributed by atoms with Crippen molar-refractivity contribution in [2.45, 2.75) is 58.9 Å². The zero-order valence-electron chi connectivity index (χ0n) is 12.5. The highest BCUT2D eigenvalue weighted by atomic mass is 32.2. The third-order valence-electron chi connectivity index (χ3n) is 3.81. The van der Waals surface area contributed by atoms with Crippen molar-refractivity contribution >= 4 is 10.0 Å². The summed E-state index contributed by atoms with van der Waals surface area (Å²) in [5, 5.41) is 0. The van der Waals surface area contributed by atoms with Gasteiger partial charge in [-0.2, -0.15) is 0 Å². The zero-order chi connectivity index (χ0) is 14.3. The number of sulfonamides is 1. The Morgan fingerprint density at radius 3 is 2.68 bits per heavy atom. The molecule has 0 aromatic rings. The predicted molar refractivity (Wildman–Crippen MR) is 78.6 cm³/mol. The van der Waals surface area contributed by atoms with E-state index >= 15 is 0 Å². The lowest BCUT2D eigenvalue weighted by atomic mass is 9.94. The van der Waals surface area contributed by atoms with Gasteiger partial charge in [0.2, 0.25) is 10.0 Å². The van der Waals surface area contributed by atoms with E-state index < -0.39 is 10.0 Å². The van der Waals surface area contributed by atoms with Crippen LogP contribution in [0.25, 0.3) is 0 Å². The van der Waals surface area contributed by atoms with Crippen LogP contribution in [-0.4, -0.2) is 33.4 Å². The molecular formula is C14H29NO3S. The lowest BCUT2D eigenvalue weighted by Crippen LogP contribution is -2.39. The van der Waals surface area contributed by atoms with Crippen molar-refractivity contribution in [3.8, 4) is 0 Å². The van der Waals surface area contributed by atoms with Gasteiger partial charge >= 0.3 is 0 Å². The van der Waals surface area contributed by atoms with Gasteiger partial charge in [0, 0.05) is 12.6 Å². The van der Waals surface area contributed by atoms with Gasteiger partial charge in [-0.1, -0.05) is 26.7 Å². The first-order valence-electron chi connectivity index (χ1n) is 7.52. The average Bonchev–Trinajstić information content (AvgIpc) is 2.73. The van der Waals surface area contributed by atoms with Crippen molar-refractivity contribution in [1.29, 1.82) is 0 Å². The van der Waals surface area contributed by atoms with E-state index in [1.165, 1.54) is 6.42 Å². The van der Waals surface area contributed by atoms with Gasteiger partial charge in [0.05, 0.1) is 12.4 Å². The molecule has 0 heterocycles. The number of rotatable bonds is 9. The van der Waals surface area contributed by atoms with Crippen molar-refractivity contribution < 1.29 is 13.2 Å². The fourth-order valence-electron chi connectivity index (χ4n) is 2.69. The summed E-state index contributed by atoms with van der Waals surface area (Å²) < 4.78 is 31.9. The SMILES string of the molecule is CCOCCS(=O)(=O)NC1CCCC1CCC(C)C. The molecule has 0 aromatic heterocycles. The summed E-state index contributed by atoms with van der Waals surface area (Å²) in [5.74, 6) is 1.29. The van der Waals surface area contributed by atoms with E-state index in [4.69, 9.17) is 4.74 Å². The lowest BCUT2D eigenvalue weighted by molar-refractivity contribution is 0.163. The molecule has 114 valence electrons. The van der Waals surface area contributed by atoms with Crippen LogP contribution in [0.3, 0.4) is 0 Å². The minimum absolute atomic E-state index is 0.0776. The van der Waals surface area contributed by atoms with E-state index in [9.17, 15) is 8.42 Å². The van der Waals surface area contributed by atoms with Crippen LogP contribution in [0.5, 0.6) is 0 Å².